The fraction of sp³-hybridized carbons (Fsp3) is 0.208. The van der Waals surface area contributed by atoms with Crippen molar-refractivity contribution >= 4 is 29.3 Å². The van der Waals surface area contributed by atoms with E-state index in [0.29, 0.717) is 16.5 Å². The zero-order chi connectivity index (χ0) is 21.1. The molecule has 0 bridgehead atoms. The van der Waals surface area contributed by atoms with Gasteiger partial charge in [0.15, 0.2) is 0 Å². The summed E-state index contributed by atoms with van der Waals surface area (Å²) in [4.78, 5) is 12.6. The Hall–Kier alpha value is -2.53. The summed E-state index contributed by atoms with van der Waals surface area (Å²) in [6, 6.07) is 21.0. The van der Waals surface area contributed by atoms with Crippen molar-refractivity contribution in [3.63, 3.8) is 0 Å². The smallest absolute Gasteiger partial charge is 0.407 e. The van der Waals surface area contributed by atoms with Gasteiger partial charge in [-0.3, -0.25) is 0 Å². The highest BCUT2D eigenvalue weighted by Gasteiger charge is 2.29. The summed E-state index contributed by atoms with van der Waals surface area (Å²) < 4.78 is 5.60. The number of hydrogen-bond donors (Lipinski definition) is 2. The van der Waals surface area contributed by atoms with E-state index in [9.17, 15) is 9.90 Å². The molecule has 3 aromatic carbocycles. The fourth-order valence-corrected chi connectivity index (χ4v) is 4.55. The largest absolute Gasteiger partial charge is 0.449 e. The molecule has 1 amide bonds. The molecule has 0 saturated heterocycles. The summed E-state index contributed by atoms with van der Waals surface area (Å²) in [5.41, 5.74) is 5.37. The molecule has 0 spiro atoms. The van der Waals surface area contributed by atoms with Gasteiger partial charge in [-0.1, -0.05) is 71.7 Å². The Morgan fingerprint density at radius 3 is 2.10 bits per heavy atom. The molecule has 2 N–H and O–H groups in total. The van der Waals surface area contributed by atoms with Crippen LogP contribution in [0.3, 0.4) is 0 Å². The third-order valence-corrected chi connectivity index (χ3v) is 5.78. The van der Waals surface area contributed by atoms with Crippen LogP contribution >= 0.6 is 23.2 Å². The number of halogens is 2. The number of nitrogens with one attached hydrogen (secondary N) is 1. The quantitative estimate of drug-likeness (QED) is 0.496. The highest BCUT2D eigenvalue weighted by atomic mass is 35.5. The van der Waals surface area contributed by atoms with E-state index in [-0.39, 0.29) is 19.1 Å². The van der Waals surface area contributed by atoms with Crippen LogP contribution in [0.4, 0.5) is 4.79 Å². The van der Waals surface area contributed by atoms with E-state index in [1.54, 1.807) is 18.2 Å². The molecule has 30 heavy (non-hydrogen) atoms. The number of benzene rings is 3. The molecule has 0 saturated carbocycles. The second kappa shape index (κ2) is 9.09. The van der Waals surface area contributed by atoms with Gasteiger partial charge < -0.3 is 15.2 Å². The van der Waals surface area contributed by atoms with Crippen LogP contribution in [0.15, 0.2) is 66.7 Å². The Labute approximate surface area is 185 Å². The number of carbonyl (C=O) groups excluding carboxylic acids is 1. The SMILES string of the molecule is O=C(NC(CCO)c1cc(Cl)cc(Cl)c1)OCC1c2ccccc2-c2ccccc21. The zero-order valence-corrected chi connectivity index (χ0v) is 17.7. The molecule has 0 fully saturated rings. The third kappa shape index (κ3) is 4.31. The predicted molar refractivity (Wildman–Crippen MR) is 119 cm³/mol. The van der Waals surface area contributed by atoms with Gasteiger partial charge in [0, 0.05) is 22.6 Å². The number of amides is 1. The first-order valence-corrected chi connectivity index (χ1v) is 10.5. The molecule has 1 atom stereocenters. The summed E-state index contributed by atoms with van der Waals surface area (Å²) in [5, 5.41) is 13.2. The van der Waals surface area contributed by atoms with Crippen molar-refractivity contribution in [2.75, 3.05) is 13.2 Å². The molecule has 154 valence electrons. The van der Waals surface area contributed by atoms with Crippen LogP contribution in [-0.2, 0) is 4.74 Å². The number of aliphatic hydroxyl groups excluding tert-OH is 1. The van der Waals surface area contributed by atoms with E-state index >= 15 is 0 Å². The normalized spacial score (nSPS) is 13.4. The average Bonchev–Trinajstić information content (AvgIpc) is 3.05. The topological polar surface area (TPSA) is 58.6 Å². The predicted octanol–water partition coefficient (Wildman–Crippen LogP) is 5.96. The summed E-state index contributed by atoms with van der Waals surface area (Å²) in [6.45, 7) is 0.125. The van der Waals surface area contributed by atoms with Crippen LogP contribution in [0.2, 0.25) is 10.0 Å². The molecule has 6 heteroatoms. The maximum atomic E-state index is 12.6. The number of hydrogen-bond acceptors (Lipinski definition) is 3. The number of rotatable bonds is 6. The Bertz CT molecular complexity index is 1000. The molecule has 1 aliphatic carbocycles. The van der Waals surface area contributed by atoms with Crippen LogP contribution in [0.1, 0.15) is 35.1 Å². The van der Waals surface area contributed by atoms with Gasteiger partial charge in [0.25, 0.3) is 0 Å². The van der Waals surface area contributed by atoms with Crippen LogP contribution in [0, 0.1) is 0 Å². The minimum atomic E-state index is -0.550. The van der Waals surface area contributed by atoms with E-state index in [1.807, 2.05) is 24.3 Å². The van der Waals surface area contributed by atoms with Gasteiger partial charge in [0.05, 0.1) is 6.04 Å². The molecule has 1 unspecified atom stereocenters. The van der Waals surface area contributed by atoms with Crippen molar-refractivity contribution in [3.8, 4) is 11.1 Å². The standard InChI is InChI=1S/C24H21Cl2NO3/c25-16-11-15(12-17(26)13-16)23(9-10-28)27-24(29)30-14-22-20-7-3-1-5-18(20)19-6-2-4-8-21(19)22/h1-8,11-13,22-23,28H,9-10,14H2,(H,27,29). The number of aliphatic hydroxyl groups is 1. The van der Waals surface area contributed by atoms with E-state index in [4.69, 9.17) is 27.9 Å². The lowest BCUT2D eigenvalue weighted by Gasteiger charge is -2.20. The zero-order valence-electron chi connectivity index (χ0n) is 16.1. The van der Waals surface area contributed by atoms with Crippen LogP contribution in [0.5, 0.6) is 0 Å². The number of carbonyl (C=O) groups is 1. The monoisotopic (exact) mass is 441 g/mol. The lowest BCUT2D eigenvalue weighted by Crippen LogP contribution is -2.31. The molecule has 4 nitrogen and oxygen atoms in total. The molecule has 4 rings (SSSR count). The van der Waals surface area contributed by atoms with Gasteiger partial charge in [-0.2, -0.15) is 0 Å². The Morgan fingerprint density at radius 1 is 0.967 bits per heavy atom. The first-order valence-electron chi connectivity index (χ1n) is 9.75. The van der Waals surface area contributed by atoms with Crippen molar-refractivity contribution < 1.29 is 14.6 Å². The second-order valence-corrected chi connectivity index (χ2v) is 8.11. The molecular weight excluding hydrogens is 421 g/mol. The molecule has 1 aliphatic rings. The summed E-state index contributed by atoms with van der Waals surface area (Å²) in [5.74, 6) is -0.0138. The molecule has 0 heterocycles. The lowest BCUT2D eigenvalue weighted by molar-refractivity contribution is 0.136. The van der Waals surface area contributed by atoms with E-state index < -0.39 is 12.1 Å². The van der Waals surface area contributed by atoms with Gasteiger partial charge in [-0.15, -0.1) is 0 Å². The molecular formula is C24H21Cl2NO3. The fourth-order valence-electron chi connectivity index (χ4n) is 4.01. The number of ether oxygens (including phenoxy) is 1. The van der Waals surface area contributed by atoms with Gasteiger partial charge in [-0.25, -0.2) is 4.79 Å². The highest BCUT2D eigenvalue weighted by molar-refractivity contribution is 6.34. The lowest BCUT2D eigenvalue weighted by atomic mass is 9.98. The van der Waals surface area contributed by atoms with Gasteiger partial charge >= 0.3 is 6.09 Å². The van der Waals surface area contributed by atoms with Crippen LogP contribution in [-0.4, -0.2) is 24.4 Å². The number of fused-ring (bicyclic) bond motifs is 3. The first kappa shape index (κ1) is 20.7. The Morgan fingerprint density at radius 2 is 1.53 bits per heavy atom. The maximum Gasteiger partial charge on any atom is 0.407 e. The van der Waals surface area contributed by atoms with Gasteiger partial charge in [0.2, 0.25) is 0 Å². The van der Waals surface area contributed by atoms with Gasteiger partial charge in [0.1, 0.15) is 6.61 Å². The summed E-state index contributed by atoms with van der Waals surface area (Å²) in [6.07, 6.45) is -0.229. The minimum absolute atomic E-state index is 0.0138. The molecule has 3 aromatic rings. The van der Waals surface area contributed by atoms with Crippen LogP contribution in [0.25, 0.3) is 11.1 Å². The van der Waals surface area contributed by atoms with E-state index in [2.05, 4.69) is 29.6 Å². The molecule has 0 aliphatic heterocycles. The average molecular weight is 442 g/mol. The summed E-state index contributed by atoms with van der Waals surface area (Å²) >= 11 is 12.2. The van der Waals surface area contributed by atoms with E-state index in [0.717, 1.165) is 16.7 Å². The van der Waals surface area contributed by atoms with E-state index in [1.165, 1.54) is 11.1 Å². The van der Waals surface area contributed by atoms with Crippen molar-refractivity contribution in [1.82, 2.24) is 5.32 Å². The van der Waals surface area contributed by atoms with Crippen molar-refractivity contribution in [3.05, 3.63) is 93.5 Å². The highest BCUT2D eigenvalue weighted by Crippen LogP contribution is 2.44. The second-order valence-electron chi connectivity index (χ2n) is 7.24. The maximum absolute atomic E-state index is 12.6. The minimum Gasteiger partial charge on any atom is -0.449 e. The summed E-state index contributed by atoms with van der Waals surface area (Å²) in [7, 11) is 0. The van der Waals surface area contributed by atoms with Crippen molar-refractivity contribution in [2.24, 2.45) is 0 Å². The van der Waals surface area contributed by atoms with Crippen LogP contribution < -0.4 is 5.32 Å². The van der Waals surface area contributed by atoms with Crippen molar-refractivity contribution in [2.45, 2.75) is 18.4 Å². The van der Waals surface area contributed by atoms with Gasteiger partial charge in [-0.05, 0) is 52.4 Å². The Kier molecular flexibility index (Phi) is 6.28. The molecule has 0 radical (unpaired) electrons. The van der Waals surface area contributed by atoms with Crippen molar-refractivity contribution in [1.29, 1.82) is 0 Å². The number of alkyl carbamates (subject to hydrolysis) is 1. The molecule has 0 aromatic heterocycles. The Balaban J connectivity index is 1.48. The first-order chi connectivity index (χ1) is 14.6. The third-order valence-electron chi connectivity index (χ3n) is 5.34.